The maximum absolute atomic E-state index is 13.3. The van der Waals surface area contributed by atoms with Crippen molar-refractivity contribution in [1.29, 1.82) is 0 Å². The molecule has 0 bridgehead atoms. The predicted molar refractivity (Wildman–Crippen MR) is 128 cm³/mol. The Balaban J connectivity index is 1.71. The van der Waals surface area contributed by atoms with Crippen LogP contribution in [0.4, 0.5) is 25.8 Å². The van der Waals surface area contributed by atoms with Crippen molar-refractivity contribution in [3.63, 3.8) is 0 Å². The Kier molecular flexibility index (Phi) is 6.77. The zero-order valence-electron chi connectivity index (χ0n) is 18.1. The molecule has 0 aliphatic rings. The van der Waals surface area contributed by atoms with Gasteiger partial charge in [-0.1, -0.05) is 0 Å². The molecule has 0 spiro atoms. The number of anilines is 3. The molecule has 1 aromatic heterocycles. The van der Waals surface area contributed by atoms with E-state index in [-0.39, 0.29) is 32.6 Å². The standard InChI is InChI=1S/C23H17F2N3O6S2/c24-15-3-8-18(9-4-15)35(30,31)27-20-12-7-17(26-23(29)22-2-1-13-34-22)14-21(20)28-36(32,33)19-10-5-16(25)6-11-19/h1-14,27-28H,(H,26,29). The van der Waals surface area contributed by atoms with Crippen molar-refractivity contribution in [3.8, 4) is 0 Å². The second-order valence-corrected chi connectivity index (χ2v) is 10.7. The van der Waals surface area contributed by atoms with Gasteiger partial charge in [-0.25, -0.2) is 25.6 Å². The first-order valence-electron chi connectivity index (χ1n) is 10.1. The minimum Gasteiger partial charge on any atom is -0.459 e. The van der Waals surface area contributed by atoms with Gasteiger partial charge >= 0.3 is 0 Å². The molecule has 3 aromatic carbocycles. The molecule has 0 fully saturated rings. The van der Waals surface area contributed by atoms with Gasteiger partial charge in [-0.2, -0.15) is 0 Å². The summed E-state index contributed by atoms with van der Waals surface area (Å²) in [6, 6.07) is 14.6. The van der Waals surface area contributed by atoms with E-state index in [2.05, 4.69) is 14.8 Å². The number of carbonyl (C=O) groups is 1. The topological polar surface area (TPSA) is 135 Å². The van der Waals surface area contributed by atoms with Crippen LogP contribution in [0, 0.1) is 11.6 Å². The lowest BCUT2D eigenvalue weighted by atomic mass is 10.2. The zero-order chi connectivity index (χ0) is 25.9. The molecule has 0 atom stereocenters. The second kappa shape index (κ2) is 9.79. The van der Waals surface area contributed by atoms with E-state index in [1.165, 1.54) is 36.6 Å². The van der Waals surface area contributed by atoms with E-state index in [0.29, 0.717) is 0 Å². The van der Waals surface area contributed by atoms with Gasteiger partial charge in [-0.3, -0.25) is 14.2 Å². The molecule has 4 rings (SSSR count). The SMILES string of the molecule is O=C(Nc1ccc(NS(=O)(=O)c2ccc(F)cc2)c(NS(=O)(=O)c2ccc(F)cc2)c1)c1ccco1. The third-order valence-corrected chi connectivity index (χ3v) is 7.52. The highest BCUT2D eigenvalue weighted by Gasteiger charge is 2.21. The quantitative estimate of drug-likeness (QED) is 0.307. The molecule has 0 saturated heterocycles. The van der Waals surface area contributed by atoms with Crippen molar-refractivity contribution in [1.82, 2.24) is 0 Å². The van der Waals surface area contributed by atoms with E-state index in [4.69, 9.17) is 4.42 Å². The Morgan fingerprint density at radius 3 is 1.72 bits per heavy atom. The molecule has 9 nitrogen and oxygen atoms in total. The predicted octanol–water partition coefficient (Wildman–Crippen LogP) is 4.41. The summed E-state index contributed by atoms with van der Waals surface area (Å²) in [7, 11) is -8.55. The van der Waals surface area contributed by atoms with E-state index in [9.17, 15) is 30.4 Å². The van der Waals surface area contributed by atoms with Crippen LogP contribution in [-0.2, 0) is 20.0 Å². The van der Waals surface area contributed by atoms with Crippen LogP contribution in [0.5, 0.6) is 0 Å². The zero-order valence-corrected chi connectivity index (χ0v) is 19.7. The fourth-order valence-electron chi connectivity index (χ4n) is 3.03. The molecule has 36 heavy (non-hydrogen) atoms. The van der Waals surface area contributed by atoms with Crippen molar-refractivity contribution in [2.75, 3.05) is 14.8 Å². The van der Waals surface area contributed by atoms with Crippen molar-refractivity contribution < 1.29 is 34.8 Å². The number of rotatable bonds is 8. The number of hydrogen-bond acceptors (Lipinski definition) is 6. The average molecular weight is 534 g/mol. The molecule has 1 amide bonds. The summed E-state index contributed by atoms with van der Waals surface area (Å²) in [6.45, 7) is 0. The van der Waals surface area contributed by atoms with Crippen molar-refractivity contribution >= 4 is 43.0 Å². The van der Waals surface area contributed by atoms with E-state index < -0.39 is 37.6 Å². The molecule has 0 saturated carbocycles. The minimum absolute atomic E-state index is 0.00969. The normalized spacial score (nSPS) is 11.6. The number of benzene rings is 3. The van der Waals surface area contributed by atoms with Gasteiger partial charge in [-0.05, 0) is 78.9 Å². The summed E-state index contributed by atoms with van der Waals surface area (Å²) >= 11 is 0. The first kappa shape index (κ1) is 24.9. The third kappa shape index (κ3) is 5.70. The first-order chi connectivity index (χ1) is 17.0. The van der Waals surface area contributed by atoms with E-state index in [1.54, 1.807) is 0 Å². The molecule has 0 aliphatic heterocycles. The van der Waals surface area contributed by atoms with Gasteiger partial charge in [0, 0.05) is 5.69 Å². The van der Waals surface area contributed by atoms with Crippen LogP contribution in [0.2, 0.25) is 0 Å². The Labute approximate surface area is 204 Å². The van der Waals surface area contributed by atoms with Gasteiger partial charge in [-0.15, -0.1) is 0 Å². The smallest absolute Gasteiger partial charge is 0.291 e. The fraction of sp³-hybridized carbons (Fsp3) is 0. The number of halogens is 2. The molecule has 0 unspecified atom stereocenters. The van der Waals surface area contributed by atoms with Gasteiger partial charge in [0.1, 0.15) is 11.6 Å². The average Bonchev–Trinajstić information content (AvgIpc) is 3.36. The summed E-state index contributed by atoms with van der Waals surface area (Å²) in [5, 5.41) is 2.51. The summed E-state index contributed by atoms with van der Waals surface area (Å²) < 4.78 is 87.5. The van der Waals surface area contributed by atoms with Crippen LogP contribution < -0.4 is 14.8 Å². The maximum atomic E-state index is 13.3. The minimum atomic E-state index is -4.30. The number of nitrogens with one attached hydrogen (secondary N) is 3. The monoisotopic (exact) mass is 533 g/mol. The maximum Gasteiger partial charge on any atom is 0.291 e. The van der Waals surface area contributed by atoms with Crippen molar-refractivity contribution in [3.05, 3.63) is 103 Å². The van der Waals surface area contributed by atoms with Gasteiger partial charge in [0.05, 0.1) is 27.4 Å². The lowest BCUT2D eigenvalue weighted by Crippen LogP contribution is -2.18. The van der Waals surface area contributed by atoms with E-state index in [0.717, 1.165) is 48.5 Å². The Hall–Kier alpha value is -4.23. The summed E-state index contributed by atoms with van der Waals surface area (Å²) in [5.74, 6) is -1.93. The molecule has 0 radical (unpaired) electrons. The summed E-state index contributed by atoms with van der Waals surface area (Å²) in [6.07, 6.45) is 1.30. The van der Waals surface area contributed by atoms with E-state index >= 15 is 0 Å². The Morgan fingerprint density at radius 1 is 0.694 bits per heavy atom. The largest absolute Gasteiger partial charge is 0.459 e. The van der Waals surface area contributed by atoms with Crippen LogP contribution in [0.15, 0.2) is 99.3 Å². The van der Waals surface area contributed by atoms with Crippen LogP contribution >= 0.6 is 0 Å². The van der Waals surface area contributed by atoms with Gasteiger partial charge in [0.15, 0.2) is 5.76 Å². The van der Waals surface area contributed by atoms with Gasteiger partial charge in [0.2, 0.25) is 0 Å². The van der Waals surface area contributed by atoms with E-state index in [1.807, 2.05) is 0 Å². The molecular weight excluding hydrogens is 516 g/mol. The highest BCUT2D eigenvalue weighted by molar-refractivity contribution is 7.93. The number of hydrogen-bond donors (Lipinski definition) is 3. The lowest BCUT2D eigenvalue weighted by Gasteiger charge is -2.16. The van der Waals surface area contributed by atoms with Crippen LogP contribution in [0.3, 0.4) is 0 Å². The third-order valence-electron chi connectivity index (χ3n) is 4.76. The highest BCUT2D eigenvalue weighted by Crippen LogP contribution is 2.31. The molecule has 186 valence electrons. The fourth-order valence-corrected chi connectivity index (χ4v) is 5.18. The first-order valence-corrected chi connectivity index (χ1v) is 13.1. The molecule has 13 heteroatoms. The number of sulfonamides is 2. The molecular formula is C23H17F2N3O6S2. The van der Waals surface area contributed by atoms with Crippen LogP contribution in [-0.4, -0.2) is 22.7 Å². The van der Waals surface area contributed by atoms with Crippen LogP contribution in [0.25, 0.3) is 0 Å². The molecule has 1 heterocycles. The van der Waals surface area contributed by atoms with Crippen LogP contribution in [0.1, 0.15) is 10.6 Å². The van der Waals surface area contributed by atoms with Crippen molar-refractivity contribution in [2.45, 2.75) is 9.79 Å². The summed E-state index contributed by atoms with van der Waals surface area (Å²) in [4.78, 5) is 11.8. The molecule has 0 aliphatic carbocycles. The molecule has 3 N–H and O–H groups in total. The number of furan rings is 1. The Morgan fingerprint density at radius 2 is 1.22 bits per heavy atom. The van der Waals surface area contributed by atoms with Crippen molar-refractivity contribution in [2.24, 2.45) is 0 Å². The number of carbonyl (C=O) groups excluding carboxylic acids is 1. The summed E-state index contributed by atoms with van der Waals surface area (Å²) in [5.41, 5.74) is -0.332. The molecule has 4 aromatic rings. The van der Waals surface area contributed by atoms with Gasteiger partial charge in [0.25, 0.3) is 26.0 Å². The Bertz CT molecular complexity index is 1610. The van der Waals surface area contributed by atoms with Gasteiger partial charge < -0.3 is 9.73 Å². The lowest BCUT2D eigenvalue weighted by molar-refractivity contribution is 0.0996. The number of amides is 1. The second-order valence-electron chi connectivity index (χ2n) is 7.31. The highest BCUT2D eigenvalue weighted by atomic mass is 32.2.